The number of benzene rings is 4. The fourth-order valence-electron chi connectivity index (χ4n) is 4.66. The summed E-state index contributed by atoms with van der Waals surface area (Å²) in [5, 5.41) is 2.88. The number of aryl methyl sites for hydroxylation is 1. The van der Waals surface area contributed by atoms with Gasteiger partial charge in [-0.2, -0.15) is 0 Å². The Morgan fingerprint density at radius 1 is 0.780 bits per heavy atom. The zero-order chi connectivity index (χ0) is 29.2. The minimum Gasteiger partial charge on any atom is -0.355 e. The van der Waals surface area contributed by atoms with Gasteiger partial charge in [0, 0.05) is 19.5 Å². The fraction of sp³-hybridized carbons (Fsp3) is 0.212. The number of nitrogens with zero attached hydrogens (tertiary/aromatic N) is 2. The molecule has 212 valence electrons. The minimum atomic E-state index is -4.09. The van der Waals surface area contributed by atoms with Crippen molar-refractivity contribution in [3.63, 3.8) is 0 Å². The van der Waals surface area contributed by atoms with E-state index in [1.165, 1.54) is 17.0 Å². The molecule has 0 unspecified atom stereocenters. The molecule has 0 saturated heterocycles. The van der Waals surface area contributed by atoms with Crippen molar-refractivity contribution in [2.45, 2.75) is 37.8 Å². The first-order chi connectivity index (χ1) is 19.8. The van der Waals surface area contributed by atoms with Crippen molar-refractivity contribution in [2.24, 2.45) is 0 Å². The van der Waals surface area contributed by atoms with Crippen LogP contribution in [0.2, 0.25) is 0 Å². The SMILES string of the molecule is CCNC(=O)[C@@H](Cc1ccccc1)N(Cc1ccccc1C)C(=O)CN(c1ccccc1)S(=O)(=O)c1ccccc1. The monoisotopic (exact) mass is 569 g/mol. The third-order valence-corrected chi connectivity index (χ3v) is 8.67. The van der Waals surface area contributed by atoms with Gasteiger partial charge in [-0.05, 0) is 54.8 Å². The van der Waals surface area contributed by atoms with Gasteiger partial charge in [0.05, 0.1) is 10.6 Å². The van der Waals surface area contributed by atoms with Gasteiger partial charge in [-0.1, -0.05) is 91.0 Å². The highest BCUT2D eigenvalue weighted by molar-refractivity contribution is 7.92. The van der Waals surface area contributed by atoms with Crippen molar-refractivity contribution in [3.8, 4) is 0 Å². The molecule has 7 nitrogen and oxygen atoms in total. The molecule has 1 N–H and O–H groups in total. The second kappa shape index (κ2) is 13.8. The van der Waals surface area contributed by atoms with E-state index in [0.717, 1.165) is 21.0 Å². The van der Waals surface area contributed by atoms with Crippen molar-refractivity contribution in [1.82, 2.24) is 10.2 Å². The number of para-hydroxylation sites is 1. The second-order valence-corrected chi connectivity index (χ2v) is 11.6. The molecule has 0 fully saturated rings. The standard InChI is InChI=1S/C33H35N3O4S/c1-3-34-33(38)31(23-27-16-7-4-8-17-27)35(24-28-18-14-13-15-26(28)2)32(37)25-36(29-19-9-5-10-20-29)41(39,40)30-21-11-6-12-22-30/h4-22,31H,3,23-25H2,1-2H3,(H,34,38)/t31-/m1/s1. The van der Waals surface area contributed by atoms with Crippen LogP contribution in [0.15, 0.2) is 120 Å². The first-order valence-electron chi connectivity index (χ1n) is 13.6. The fourth-order valence-corrected chi connectivity index (χ4v) is 6.09. The number of amides is 2. The summed E-state index contributed by atoms with van der Waals surface area (Å²) in [7, 11) is -4.09. The van der Waals surface area contributed by atoms with Crippen LogP contribution in [0, 0.1) is 6.92 Å². The Hall–Kier alpha value is -4.43. The average Bonchev–Trinajstić information content (AvgIpc) is 3.00. The molecule has 4 aromatic rings. The minimum absolute atomic E-state index is 0.0756. The van der Waals surface area contributed by atoms with Crippen molar-refractivity contribution in [3.05, 3.63) is 132 Å². The third-order valence-electron chi connectivity index (χ3n) is 6.88. The molecule has 4 rings (SSSR count). The van der Waals surface area contributed by atoms with E-state index in [1.807, 2.05) is 68.4 Å². The maximum atomic E-state index is 14.3. The summed E-state index contributed by atoms with van der Waals surface area (Å²) >= 11 is 0. The van der Waals surface area contributed by atoms with Crippen molar-refractivity contribution in [1.29, 1.82) is 0 Å². The maximum Gasteiger partial charge on any atom is 0.264 e. The van der Waals surface area contributed by atoms with Gasteiger partial charge in [0.2, 0.25) is 11.8 Å². The number of sulfonamides is 1. The molecule has 0 aromatic heterocycles. The van der Waals surface area contributed by atoms with Crippen LogP contribution in [0.4, 0.5) is 5.69 Å². The first-order valence-corrected chi connectivity index (χ1v) is 15.0. The highest BCUT2D eigenvalue weighted by atomic mass is 32.2. The Kier molecular flexibility index (Phi) is 9.92. The van der Waals surface area contributed by atoms with E-state index in [-0.39, 0.29) is 23.8 Å². The lowest BCUT2D eigenvalue weighted by Crippen LogP contribution is -2.53. The zero-order valence-corrected chi connectivity index (χ0v) is 24.1. The lowest BCUT2D eigenvalue weighted by atomic mass is 10.0. The smallest absolute Gasteiger partial charge is 0.264 e. The van der Waals surface area contributed by atoms with Gasteiger partial charge >= 0.3 is 0 Å². The summed E-state index contributed by atoms with van der Waals surface area (Å²) in [4.78, 5) is 29.4. The molecule has 41 heavy (non-hydrogen) atoms. The lowest BCUT2D eigenvalue weighted by Gasteiger charge is -2.34. The molecule has 4 aromatic carbocycles. The van der Waals surface area contributed by atoms with Crippen LogP contribution in [-0.4, -0.2) is 44.3 Å². The van der Waals surface area contributed by atoms with Gasteiger partial charge in [0.25, 0.3) is 10.0 Å². The summed E-state index contributed by atoms with van der Waals surface area (Å²) in [6.07, 6.45) is 0.279. The predicted molar refractivity (Wildman–Crippen MR) is 162 cm³/mol. The van der Waals surface area contributed by atoms with Gasteiger partial charge < -0.3 is 10.2 Å². The number of anilines is 1. The van der Waals surface area contributed by atoms with E-state index < -0.39 is 28.5 Å². The van der Waals surface area contributed by atoms with Crippen LogP contribution in [-0.2, 0) is 32.6 Å². The predicted octanol–water partition coefficient (Wildman–Crippen LogP) is 4.97. The second-order valence-electron chi connectivity index (χ2n) is 9.71. The molecule has 8 heteroatoms. The topological polar surface area (TPSA) is 86.8 Å². The molecular formula is C33H35N3O4S. The number of hydrogen-bond donors (Lipinski definition) is 1. The summed E-state index contributed by atoms with van der Waals surface area (Å²) in [5.74, 6) is -0.778. The molecule has 2 amide bonds. The van der Waals surface area contributed by atoms with E-state index >= 15 is 0 Å². The molecule has 0 aliphatic carbocycles. The van der Waals surface area contributed by atoms with E-state index in [1.54, 1.807) is 48.5 Å². The van der Waals surface area contributed by atoms with Crippen LogP contribution in [0.1, 0.15) is 23.6 Å². The van der Waals surface area contributed by atoms with Crippen LogP contribution in [0.5, 0.6) is 0 Å². The highest BCUT2D eigenvalue weighted by Crippen LogP contribution is 2.25. The van der Waals surface area contributed by atoms with Crippen molar-refractivity contribution < 1.29 is 18.0 Å². The van der Waals surface area contributed by atoms with Crippen LogP contribution >= 0.6 is 0 Å². The van der Waals surface area contributed by atoms with E-state index in [2.05, 4.69) is 5.32 Å². The summed E-state index contributed by atoms with van der Waals surface area (Å²) < 4.78 is 28.9. The molecule has 0 aliphatic rings. The normalized spacial score (nSPS) is 11.9. The quantitative estimate of drug-likeness (QED) is 0.261. The molecule has 0 heterocycles. The molecule has 0 radical (unpaired) electrons. The Labute approximate surface area is 242 Å². The highest BCUT2D eigenvalue weighted by Gasteiger charge is 2.34. The zero-order valence-electron chi connectivity index (χ0n) is 23.3. The number of rotatable bonds is 12. The van der Waals surface area contributed by atoms with Gasteiger partial charge in [0.1, 0.15) is 12.6 Å². The van der Waals surface area contributed by atoms with E-state index in [9.17, 15) is 18.0 Å². The van der Waals surface area contributed by atoms with Gasteiger partial charge in [-0.15, -0.1) is 0 Å². The lowest BCUT2D eigenvalue weighted by molar-refractivity contribution is -0.140. The first kappa shape index (κ1) is 29.6. The Balaban J connectivity index is 1.78. The number of carbonyl (C=O) groups is 2. The molecule has 1 atom stereocenters. The Bertz CT molecular complexity index is 1550. The summed E-state index contributed by atoms with van der Waals surface area (Å²) in [5.41, 5.74) is 3.10. The summed E-state index contributed by atoms with van der Waals surface area (Å²) in [6.45, 7) is 3.85. The van der Waals surface area contributed by atoms with E-state index in [4.69, 9.17) is 0 Å². The third kappa shape index (κ3) is 7.41. The maximum absolute atomic E-state index is 14.3. The molecule has 0 saturated carbocycles. The summed E-state index contributed by atoms with van der Waals surface area (Å²) in [6, 6.07) is 32.9. The van der Waals surface area contributed by atoms with Gasteiger partial charge in [-0.3, -0.25) is 13.9 Å². The van der Waals surface area contributed by atoms with Crippen LogP contribution < -0.4 is 9.62 Å². The average molecular weight is 570 g/mol. The number of likely N-dealkylation sites (N-methyl/N-ethyl adjacent to an activating group) is 1. The Morgan fingerprint density at radius 3 is 1.95 bits per heavy atom. The Morgan fingerprint density at radius 2 is 1.34 bits per heavy atom. The van der Waals surface area contributed by atoms with Crippen molar-refractivity contribution in [2.75, 3.05) is 17.4 Å². The van der Waals surface area contributed by atoms with Gasteiger partial charge in [-0.25, -0.2) is 8.42 Å². The number of nitrogens with one attached hydrogen (secondary N) is 1. The number of hydrogen-bond acceptors (Lipinski definition) is 4. The van der Waals surface area contributed by atoms with Crippen LogP contribution in [0.3, 0.4) is 0 Å². The van der Waals surface area contributed by atoms with E-state index in [0.29, 0.717) is 12.2 Å². The molecular weight excluding hydrogens is 534 g/mol. The molecule has 0 aliphatic heterocycles. The van der Waals surface area contributed by atoms with Gasteiger partial charge in [0.15, 0.2) is 0 Å². The number of carbonyl (C=O) groups excluding carboxylic acids is 2. The van der Waals surface area contributed by atoms with Crippen LogP contribution in [0.25, 0.3) is 0 Å². The largest absolute Gasteiger partial charge is 0.355 e. The van der Waals surface area contributed by atoms with Crippen molar-refractivity contribution >= 4 is 27.5 Å². The molecule has 0 bridgehead atoms. The molecule has 0 spiro atoms.